The molecule has 0 radical (unpaired) electrons. The molecule has 2 nitrogen and oxygen atoms in total. The highest BCUT2D eigenvalue weighted by atomic mass is 19.4. The number of hydrogen-bond donors (Lipinski definition) is 1. The lowest BCUT2D eigenvalue weighted by molar-refractivity contribution is -0.181. The van der Waals surface area contributed by atoms with Crippen molar-refractivity contribution in [2.24, 2.45) is 11.7 Å². The van der Waals surface area contributed by atoms with Crippen LogP contribution in [0.4, 0.5) is 13.2 Å². The van der Waals surface area contributed by atoms with E-state index in [9.17, 15) is 13.2 Å². The largest absolute Gasteiger partial charge is 0.393 e. The van der Waals surface area contributed by atoms with Gasteiger partial charge in [0.25, 0.3) is 0 Å². The maximum atomic E-state index is 12.2. The van der Waals surface area contributed by atoms with E-state index in [1.54, 1.807) is 0 Å². The molecule has 1 saturated heterocycles. The van der Waals surface area contributed by atoms with Crippen molar-refractivity contribution in [2.45, 2.75) is 25.1 Å². The molecule has 0 bridgehead atoms. The molecule has 2 N–H and O–H groups in total. The molecule has 1 aliphatic rings. The van der Waals surface area contributed by atoms with Crippen LogP contribution in [0.3, 0.4) is 0 Å². The molecule has 0 aromatic heterocycles. The van der Waals surface area contributed by atoms with Crippen LogP contribution in [0.2, 0.25) is 0 Å². The summed E-state index contributed by atoms with van der Waals surface area (Å²) in [5.74, 6) is -1.39. The second-order valence-corrected chi connectivity index (χ2v) is 3.00. The van der Waals surface area contributed by atoms with Crippen LogP contribution in [-0.4, -0.2) is 25.4 Å². The second-order valence-electron chi connectivity index (χ2n) is 3.00. The van der Waals surface area contributed by atoms with Crippen LogP contribution in [0.15, 0.2) is 0 Å². The summed E-state index contributed by atoms with van der Waals surface area (Å²) in [6.07, 6.45) is -3.89. The average molecular weight is 183 g/mol. The Morgan fingerprint density at radius 1 is 1.17 bits per heavy atom. The Bertz CT molecular complexity index is 148. The van der Waals surface area contributed by atoms with Crippen molar-refractivity contribution >= 4 is 0 Å². The molecule has 1 heterocycles. The van der Waals surface area contributed by atoms with Crippen molar-refractivity contribution in [3.05, 3.63) is 0 Å². The summed E-state index contributed by atoms with van der Waals surface area (Å²) in [5, 5.41) is 0. The summed E-state index contributed by atoms with van der Waals surface area (Å²) in [6.45, 7) is 0.506. The topological polar surface area (TPSA) is 35.2 Å². The molecule has 2 atom stereocenters. The van der Waals surface area contributed by atoms with Crippen molar-refractivity contribution in [2.75, 3.05) is 13.2 Å². The average Bonchev–Trinajstić information content (AvgIpc) is 2.11. The minimum atomic E-state index is -4.17. The van der Waals surface area contributed by atoms with E-state index >= 15 is 0 Å². The molecule has 1 aliphatic heterocycles. The van der Waals surface area contributed by atoms with Gasteiger partial charge in [-0.3, -0.25) is 0 Å². The van der Waals surface area contributed by atoms with Gasteiger partial charge in [0, 0.05) is 19.3 Å². The lowest BCUT2D eigenvalue weighted by Crippen LogP contribution is -2.39. The third kappa shape index (κ3) is 2.35. The zero-order valence-corrected chi connectivity index (χ0v) is 6.60. The molecule has 2 unspecified atom stereocenters. The fourth-order valence-electron chi connectivity index (χ4n) is 1.35. The van der Waals surface area contributed by atoms with E-state index in [1.807, 2.05) is 0 Å². The van der Waals surface area contributed by atoms with E-state index < -0.39 is 18.1 Å². The van der Waals surface area contributed by atoms with E-state index in [0.29, 0.717) is 13.0 Å². The first-order chi connectivity index (χ1) is 5.52. The van der Waals surface area contributed by atoms with Gasteiger partial charge in [-0.15, -0.1) is 0 Å². The summed E-state index contributed by atoms with van der Waals surface area (Å²) in [6, 6.07) is -0.799. The first-order valence-corrected chi connectivity index (χ1v) is 3.92. The molecule has 72 valence electrons. The van der Waals surface area contributed by atoms with Crippen molar-refractivity contribution in [3.63, 3.8) is 0 Å². The van der Waals surface area contributed by atoms with Gasteiger partial charge in [0.1, 0.15) is 0 Å². The van der Waals surface area contributed by atoms with Crippen molar-refractivity contribution in [1.29, 1.82) is 0 Å². The van der Waals surface area contributed by atoms with E-state index in [4.69, 9.17) is 10.5 Å². The molecule has 0 amide bonds. The highest BCUT2D eigenvalue weighted by Gasteiger charge is 2.43. The summed E-state index contributed by atoms with van der Waals surface area (Å²) in [5.41, 5.74) is 5.37. The third-order valence-corrected chi connectivity index (χ3v) is 2.11. The Morgan fingerprint density at radius 2 is 1.75 bits per heavy atom. The molecular weight excluding hydrogens is 171 g/mol. The Kier molecular flexibility index (Phi) is 2.95. The van der Waals surface area contributed by atoms with Crippen LogP contribution in [0.1, 0.15) is 12.8 Å². The summed E-state index contributed by atoms with van der Waals surface area (Å²) in [7, 11) is 0. The molecule has 0 aromatic rings. The fraction of sp³-hybridized carbons (Fsp3) is 1.00. The maximum Gasteiger partial charge on any atom is 0.393 e. The number of hydrogen-bond acceptors (Lipinski definition) is 2. The van der Waals surface area contributed by atoms with Crippen molar-refractivity contribution in [1.82, 2.24) is 0 Å². The standard InChI is InChI=1S/C7H12F3NO/c8-7(9,10)5-1-3-12-4-2-6(5)11/h5-6H,1-4,11H2. The second kappa shape index (κ2) is 3.62. The number of rotatable bonds is 0. The van der Waals surface area contributed by atoms with Crippen LogP contribution >= 0.6 is 0 Å². The number of alkyl halides is 3. The molecule has 0 aliphatic carbocycles. The summed E-state index contributed by atoms with van der Waals surface area (Å²) >= 11 is 0. The molecule has 0 aromatic carbocycles. The highest BCUT2D eigenvalue weighted by Crippen LogP contribution is 2.32. The lowest BCUT2D eigenvalue weighted by Gasteiger charge is -2.22. The zero-order valence-electron chi connectivity index (χ0n) is 6.60. The van der Waals surface area contributed by atoms with Gasteiger partial charge in [-0.05, 0) is 12.8 Å². The number of halogens is 3. The first kappa shape index (κ1) is 9.80. The van der Waals surface area contributed by atoms with Gasteiger partial charge in [-0.1, -0.05) is 0 Å². The minimum absolute atomic E-state index is 0.00926. The minimum Gasteiger partial charge on any atom is -0.381 e. The predicted octanol–water partition coefficient (Wildman–Crippen LogP) is 1.30. The van der Waals surface area contributed by atoms with Gasteiger partial charge >= 0.3 is 6.18 Å². The maximum absolute atomic E-state index is 12.2. The molecule has 12 heavy (non-hydrogen) atoms. The Morgan fingerprint density at radius 3 is 2.33 bits per heavy atom. The third-order valence-electron chi connectivity index (χ3n) is 2.11. The lowest BCUT2D eigenvalue weighted by atomic mass is 9.95. The fourth-order valence-corrected chi connectivity index (χ4v) is 1.35. The molecule has 1 rings (SSSR count). The van der Waals surface area contributed by atoms with Crippen LogP contribution in [0.5, 0.6) is 0 Å². The number of ether oxygens (including phenoxy) is 1. The van der Waals surface area contributed by atoms with Gasteiger partial charge in [-0.25, -0.2) is 0 Å². The smallest absolute Gasteiger partial charge is 0.381 e. The van der Waals surface area contributed by atoms with Gasteiger partial charge < -0.3 is 10.5 Å². The Balaban J connectivity index is 2.59. The van der Waals surface area contributed by atoms with Gasteiger partial charge in [0.15, 0.2) is 0 Å². The van der Waals surface area contributed by atoms with E-state index in [-0.39, 0.29) is 13.0 Å². The van der Waals surface area contributed by atoms with Gasteiger partial charge in [-0.2, -0.15) is 13.2 Å². The monoisotopic (exact) mass is 183 g/mol. The van der Waals surface area contributed by atoms with Crippen LogP contribution < -0.4 is 5.73 Å². The predicted molar refractivity (Wildman–Crippen MR) is 37.6 cm³/mol. The molecule has 0 saturated carbocycles. The number of nitrogens with two attached hydrogens (primary N) is 1. The van der Waals surface area contributed by atoms with Crippen LogP contribution in [-0.2, 0) is 4.74 Å². The van der Waals surface area contributed by atoms with Crippen molar-refractivity contribution < 1.29 is 17.9 Å². The molecule has 5 heteroatoms. The molecule has 0 spiro atoms. The van der Waals surface area contributed by atoms with Gasteiger partial charge in [0.2, 0.25) is 0 Å². The zero-order chi connectivity index (χ0) is 9.19. The molecule has 1 fully saturated rings. The van der Waals surface area contributed by atoms with E-state index in [0.717, 1.165) is 0 Å². The quantitative estimate of drug-likeness (QED) is 0.614. The van der Waals surface area contributed by atoms with E-state index in [1.165, 1.54) is 0 Å². The summed E-state index contributed by atoms with van der Waals surface area (Å²) in [4.78, 5) is 0. The molecular formula is C7H12F3NO. The van der Waals surface area contributed by atoms with Crippen LogP contribution in [0, 0.1) is 5.92 Å². The van der Waals surface area contributed by atoms with Crippen LogP contribution in [0.25, 0.3) is 0 Å². The van der Waals surface area contributed by atoms with Crippen molar-refractivity contribution in [3.8, 4) is 0 Å². The van der Waals surface area contributed by atoms with E-state index in [2.05, 4.69) is 0 Å². The summed E-state index contributed by atoms with van der Waals surface area (Å²) < 4.78 is 41.6. The first-order valence-electron chi connectivity index (χ1n) is 3.92. The van der Waals surface area contributed by atoms with Gasteiger partial charge in [0.05, 0.1) is 5.92 Å². The normalized spacial score (nSPS) is 33.0. The SMILES string of the molecule is NC1CCOCCC1C(F)(F)F. The Labute approximate surface area is 68.9 Å². The Hall–Kier alpha value is -0.290. The highest BCUT2D eigenvalue weighted by molar-refractivity contribution is 4.80.